The predicted molar refractivity (Wildman–Crippen MR) is 110 cm³/mol. The van der Waals surface area contributed by atoms with E-state index in [0.29, 0.717) is 10.6 Å². The van der Waals surface area contributed by atoms with Crippen LogP contribution in [0.4, 0.5) is 0 Å². The van der Waals surface area contributed by atoms with Gasteiger partial charge in [-0.25, -0.2) is 4.79 Å². The molecule has 3 rings (SSSR count). The molecule has 1 atom stereocenters. The van der Waals surface area contributed by atoms with Gasteiger partial charge < -0.3 is 9.64 Å². The zero-order chi connectivity index (χ0) is 19.4. The van der Waals surface area contributed by atoms with E-state index in [0.717, 1.165) is 15.0 Å². The third kappa shape index (κ3) is 4.38. The van der Waals surface area contributed by atoms with E-state index in [-0.39, 0.29) is 5.91 Å². The fourth-order valence-electron chi connectivity index (χ4n) is 2.56. The molecule has 1 aromatic heterocycles. The van der Waals surface area contributed by atoms with Crippen LogP contribution in [0.5, 0.6) is 0 Å². The largest absolute Gasteiger partial charge is 0.444 e. The Morgan fingerprint density at radius 3 is 2.41 bits per heavy atom. The van der Waals surface area contributed by atoms with Gasteiger partial charge in [0.1, 0.15) is 0 Å². The molecule has 4 nitrogen and oxygen atoms in total. The minimum atomic E-state index is -0.990. The Morgan fingerprint density at radius 1 is 1.07 bits per heavy atom. The summed E-state index contributed by atoms with van der Waals surface area (Å²) in [6.07, 6.45) is 1.93. The van der Waals surface area contributed by atoms with E-state index < -0.39 is 12.1 Å². The Labute approximate surface area is 166 Å². The van der Waals surface area contributed by atoms with Crippen molar-refractivity contribution >= 4 is 51.0 Å². The molecule has 0 fully saturated rings. The fourth-order valence-corrected chi connectivity index (χ4v) is 3.96. The van der Waals surface area contributed by atoms with Gasteiger partial charge in [-0.15, -0.1) is 11.3 Å². The highest BCUT2D eigenvalue weighted by atomic mass is 35.5. The highest BCUT2D eigenvalue weighted by molar-refractivity contribution is 7.20. The second-order valence-electron chi connectivity index (χ2n) is 6.07. The van der Waals surface area contributed by atoms with Crippen LogP contribution in [0.3, 0.4) is 0 Å². The molecule has 0 radical (unpaired) electrons. The molecule has 0 N–H and O–H groups in total. The van der Waals surface area contributed by atoms with Crippen LogP contribution in [0.1, 0.15) is 16.5 Å². The maximum atomic E-state index is 12.4. The summed E-state index contributed by atoms with van der Waals surface area (Å²) < 4.78 is 6.48. The van der Waals surface area contributed by atoms with E-state index in [1.807, 2.05) is 30.3 Å². The lowest BCUT2D eigenvalue weighted by molar-refractivity contribution is -0.155. The van der Waals surface area contributed by atoms with Gasteiger partial charge in [0.05, 0.1) is 5.02 Å². The average Bonchev–Trinajstić information content (AvgIpc) is 3.00. The first-order chi connectivity index (χ1) is 13.0. The molecule has 0 spiro atoms. The number of halogens is 1. The fraction of sp³-hybridized carbons (Fsp3) is 0.143. The van der Waals surface area contributed by atoms with Gasteiger partial charge in [0.25, 0.3) is 5.91 Å². The quantitative estimate of drug-likeness (QED) is 0.451. The monoisotopic (exact) mass is 399 g/mol. The third-order valence-electron chi connectivity index (χ3n) is 3.93. The first kappa shape index (κ1) is 19.1. The molecule has 2 aromatic carbocycles. The van der Waals surface area contributed by atoms with Crippen LogP contribution in [0.25, 0.3) is 16.2 Å². The molecule has 27 heavy (non-hydrogen) atoms. The molecular formula is C21H18ClNO3S. The Morgan fingerprint density at radius 2 is 1.74 bits per heavy atom. The number of carbonyl (C=O) groups excluding carboxylic acids is 2. The second kappa shape index (κ2) is 8.37. The van der Waals surface area contributed by atoms with E-state index in [4.69, 9.17) is 16.3 Å². The minimum Gasteiger partial charge on any atom is -0.444 e. The van der Waals surface area contributed by atoms with Gasteiger partial charge in [-0.05, 0) is 12.1 Å². The van der Waals surface area contributed by atoms with Gasteiger partial charge in [0.15, 0.2) is 0 Å². The van der Waals surface area contributed by atoms with Crippen LogP contribution in [0.2, 0.25) is 5.02 Å². The normalized spacial score (nSPS) is 12.3. The Hall–Kier alpha value is -2.63. The summed E-state index contributed by atoms with van der Waals surface area (Å²) in [6.45, 7) is 0. The van der Waals surface area contributed by atoms with Crippen LogP contribution in [0.15, 0.2) is 60.7 Å². The van der Waals surface area contributed by atoms with Crippen LogP contribution >= 0.6 is 22.9 Å². The molecule has 0 saturated heterocycles. The summed E-state index contributed by atoms with van der Waals surface area (Å²) in [7, 11) is 3.25. The van der Waals surface area contributed by atoms with Crippen molar-refractivity contribution in [1.29, 1.82) is 0 Å². The lowest BCUT2D eigenvalue weighted by atomic mass is 10.1. The molecule has 0 bridgehead atoms. The van der Waals surface area contributed by atoms with Crippen LogP contribution in [-0.4, -0.2) is 30.9 Å². The van der Waals surface area contributed by atoms with Gasteiger partial charge in [-0.1, -0.05) is 60.1 Å². The number of amides is 1. The van der Waals surface area contributed by atoms with Crippen molar-refractivity contribution in [3.63, 3.8) is 0 Å². The zero-order valence-corrected chi connectivity index (χ0v) is 16.5. The molecule has 0 aliphatic heterocycles. The van der Waals surface area contributed by atoms with Gasteiger partial charge in [-0.3, -0.25) is 4.79 Å². The number of carbonyl (C=O) groups is 2. The van der Waals surface area contributed by atoms with Crippen LogP contribution < -0.4 is 0 Å². The Balaban J connectivity index is 1.80. The van der Waals surface area contributed by atoms with Crippen molar-refractivity contribution in [1.82, 2.24) is 4.90 Å². The van der Waals surface area contributed by atoms with Gasteiger partial charge in [0, 0.05) is 40.7 Å². The summed E-state index contributed by atoms with van der Waals surface area (Å²) >= 11 is 7.87. The van der Waals surface area contributed by atoms with Crippen molar-refractivity contribution in [2.75, 3.05) is 14.1 Å². The Bertz CT molecular complexity index is 995. The first-order valence-electron chi connectivity index (χ1n) is 8.29. The molecule has 0 aliphatic carbocycles. The molecule has 0 aliphatic rings. The maximum Gasteiger partial charge on any atom is 0.331 e. The van der Waals surface area contributed by atoms with E-state index in [1.54, 1.807) is 44.4 Å². The number of fused-ring (bicyclic) bond motifs is 1. The molecule has 6 heteroatoms. The number of hydrogen-bond acceptors (Lipinski definition) is 4. The molecule has 138 valence electrons. The van der Waals surface area contributed by atoms with Gasteiger partial charge in [0.2, 0.25) is 6.10 Å². The lowest BCUT2D eigenvalue weighted by Crippen LogP contribution is -2.30. The SMILES string of the molecule is CN(C)C(=O)[C@H](OC(=O)/C=C/c1sc2ccccc2c1Cl)c1ccccc1. The highest BCUT2D eigenvalue weighted by Crippen LogP contribution is 2.36. The van der Waals surface area contributed by atoms with E-state index in [9.17, 15) is 9.59 Å². The van der Waals surface area contributed by atoms with Crippen molar-refractivity contribution in [2.45, 2.75) is 6.10 Å². The average molecular weight is 400 g/mol. The van der Waals surface area contributed by atoms with Crippen LogP contribution in [0, 0.1) is 0 Å². The van der Waals surface area contributed by atoms with Crippen LogP contribution in [-0.2, 0) is 14.3 Å². The second-order valence-corrected chi connectivity index (χ2v) is 7.53. The number of likely N-dealkylation sites (N-methyl/N-ethyl adjacent to an activating group) is 1. The summed E-state index contributed by atoms with van der Waals surface area (Å²) in [5.41, 5.74) is 0.623. The lowest BCUT2D eigenvalue weighted by Gasteiger charge is -2.20. The van der Waals surface area contributed by atoms with Crippen molar-refractivity contribution < 1.29 is 14.3 Å². The number of nitrogens with zero attached hydrogens (tertiary/aromatic N) is 1. The number of benzene rings is 2. The Kier molecular flexibility index (Phi) is 5.94. The highest BCUT2D eigenvalue weighted by Gasteiger charge is 2.25. The smallest absolute Gasteiger partial charge is 0.331 e. The topological polar surface area (TPSA) is 46.6 Å². The molecule has 1 amide bonds. The van der Waals surface area contributed by atoms with Crippen molar-refractivity contribution in [2.24, 2.45) is 0 Å². The minimum absolute atomic E-state index is 0.303. The maximum absolute atomic E-state index is 12.4. The van der Waals surface area contributed by atoms with Gasteiger partial charge in [-0.2, -0.15) is 0 Å². The number of hydrogen-bond donors (Lipinski definition) is 0. The number of esters is 1. The standard InChI is InChI=1S/C21H18ClNO3S/c1-23(2)21(25)20(14-8-4-3-5-9-14)26-18(24)13-12-17-19(22)15-10-6-7-11-16(15)27-17/h3-13,20H,1-2H3/b13-12+/t20-/m1/s1. The summed E-state index contributed by atoms with van der Waals surface area (Å²) in [6, 6.07) is 16.7. The summed E-state index contributed by atoms with van der Waals surface area (Å²) in [5.74, 6) is -0.907. The molecule has 3 aromatic rings. The number of rotatable bonds is 5. The molecule has 0 saturated carbocycles. The predicted octanol–water partition coefficient (Wildman–Crippen LogP) is 4.94. The molecule has 1 heterocycles. The number of thiophene rings is 1. The molecular weight excluding hydrogens is 382 g/mol. The number of ether oxygens (including phenoxy) is 1. The third-order valence-corrected chi connectivity index (χ3v) is 5.59. The van der Waals surface area contributed by atoms with E-state index in [2.05, 4.69) is 0 Å². The zero-order valence-electron chi connectivity index (χ0n) is 14.9. The summed E-state index contributed by atoms with van der Waals surface area (Å²) in [5, 5.41) is 1.55. The van der Waals surface area contributed by atoms with E-state index >= 15 is 0 Å². The molecule has 0 unspecified atom stereocenters. The van der Waals surface area contributed by atoms with Crippen molar-refractivity contribution in [3.8, 4) is 0 Å². The van der Waals surface area contributed by atoms with E-state index in [1.165, 1.54) is 22.3 Å². The summed E-state index contributed by atoms with van der Waals surface area (Å²) in [4.78, 5) is 26.9. The van der Waals surface area contributed by atoms with Crippen molar-refractivity contribution in [3.05, 3.63) is 76.1 Å². The first-order valence-corrected chi connectivity index (χ1v) is 9.48. The van der Waals surface area contributed by atoms with Gasteiger partial charge >= 0.3 is 5.97 Å².